The van der Waals surface area contributed by atoms with Gasteiger partial charge >= 0.3 is 0 Å². The summed E-state index contributed by atoms with van der Waals surface area (Å²) in [6.45, 7) is 29.0. The number of hydrogen-bond donors (Lipinski definition) is 5. The monoisotopic (exact) mass is 566 g/mol. The molecule has 3 aliphatic heterocycles. The Kier molecular flexibility index (Phi) is 44.0. The number of aliphatic hydroxyl groups is 2. The number of methoxy groups -OCH3 is 1. The van der Waals surface area contributed by atoms with Gasteiger partial charge in [-0.1, -0.05) is 41.5 Å². The molecule has 39 heavy (non-hydrogen) atoms. The van der Waals surface area contributed by atoms with E-state index in [0.29, 0.717) is 26.1 Å². The first kappa shape index (κ1) is 43.1. The summed E-state index contributed by atoms with van der Waals surface area (Å²) in [5.41, 5.74) is 0. The van der Waals surface area contributed by atoms with Crippen LogP contribution in [0.25, 0.3) is 0 Å². The van der Waals surface area contributed by atoms with E-state index in [-0.39, 0.29) is 13.2 Å². The van der Waals surface area contributed by atoms with Crippen molar-refractivity contribution in [2.45, 2.75) is 73.6 Å². The summed E-state index contributed by atoms with van der Waals surface area (Å²) in [6.07, 6.45) is 5.33. The Balaban J connectivity index is -0.000000460. The quantitative estimate of drug-likeness (QED) is 0.216. The number of aliphatic hydroxyl groups excluding tert-OH is 2. The topological polar surface area (TPSA) is 101 Å². The minimum Gasteiger partial charge on any atom is -0.396 e. The first-order valence-corrected chi connectivity index (χ1v) is 16.2. The van der Waals surface area contributed by atoms with Gasteiger partial charge in [0.1, 0.15) is 0 Å². The van der Waals surface area contributed by atoms with E-state index in [1.807, 2.05) is 41.5 Å². The Bertz CT molecular complexity index is 388. The molecule has 3 heterocycles. The largest absolute Gasteiger partial charge is 0.396 e. The van der Waals surface area contributed by atoms with E-state index >= 15 is 0 Å². The molecule has 9 heteroatoms. The lowest BCUT2D eigenvalue weighted by Gasteiger charge is -2.27. The zero-order chi connectivity index (χ0) is 29.8. The average molecular weight is 566 g/mol. The highest BCUT2D eigenvalue weighted by atomic mass is 16.5. The van der Waals surface area contributed by atoms with Gasteiger partial charge in [0.15, 0.2) is 0 Å². The second kappa shape index (κ2) is 39.8. The molecule has 240 valence electrons. The first-order valence-electron chi connectivity index (χ1n) is 16.2. The van der Waals surface area contributed by atoms with Crippen LogP contribution in [0, 0.1) is 5.92 Å². The summed E-state index contributed by atoms with van der Waals surface area (Å²) < 4.78 is 9.99. The van der Waals surface area contributed by atoms with E-state index in [4.69, 9.17) is 19.7 Å². The lowest BCUT2D eigenvalue weighted by atomic mass is 10.0. The van der Waals surface area contributed by atoms with E-state index < -0.39 is 0 Å². The maximum atomic E-state index is 8.29. The van der Waals surface area contributed by atoms with Crippen LogP contribution >= 0.6 is 0 Å². The fraction of sp³-hybridized carbons (Fsp3) is 1.00. The van der Waals surface area contributed by atoms with Crippen molar-refractivity contribution in [1.29, 1.82) is 0 Å². The molecule has 3 saturated heterocycles. The summed E-state index contributed by atoms with van der Waals surface area (Å²) in [4.78, 5) is 5.07. The molecule has 1 atom stereocenters. The lowest BCUT2D eigenvalue weighted by molar-refractivity contribution is 0.102. The molecule has 0 aromatic carbocycles. The molecule has 0 spiro atoms. The molecule has 1 unspecified atom stereocenters. The van der Waals surface area contributed by atoms with Gasteiger partial charge in [0.2, 0.25) is 0 Å². The summed E-state index contributed by atoms with van der Waals surface area (Å²) in [5, 5.41) is 26.7. The molecule has 0 radical (unpaired) electrons. The van der Waals surface area contributed by atoms with Crippen molar-refractivity contribution in [3.63, 3.8) is 0 Å². The molecule has 5 N–H and O–H groups in total. The Morgan fingerprint density at radius 1 is 0.641 bits per heavy atom. The van der Waals surface area contributed by atoms with Crippen molar-refractivity contribution in [3.8, 4) is 0 Å². The van der Waals surface area contributed by atoms with Crippen molar-refractivity contribution in [2.24, 2.45) is 5.92 Å². The highest BCUT2D eigenvalue weighted by Gasteiger charge is 2.16. The van der Waals surface area contributed by atoms with Crippen LogP contribution in [-0.2, 0) is 9.47 Å². The van der Waals surface area contributed by atoms with E-state index in [1.165, 1.54) is 78.3 Å². The van der Waals surface area contributed by atoms with E-state index in [9.17, 15) is 0 Å². The van der Waals surface area contributed by atoms with Crippen molar-refractivity contribution >= 4 is 0 Å². The average Bonchev–Trinajstić information content (AvgIpc) is 3.55. The van der Waals surface area contributed by atoms with Gasteiger partial charge in [-0.05, 0) is 57.7 Å². The van der Waals surface area contributed by atoms with E-state index in [1.54, 1.807) is 7.11 Å². The van der Waals surface area contributed by atoms with Crippen molar-refractivity contribution in [2.75, 3.05) is 119 Å². The molecule has 3 fully saturated rings. The maximum Gasteiger partial charge on any atom is 0.0487 e. The number of nitrogens with one attached hydrogen (secondary N) is 3. The number of rotatable bonds is 13. The molecule has 0 aromatic heterocycles. The van der Waals surface area contributed by atoms with E-state index in [2.05, 4.69) is 25.8 Å². The number of ether oxygens (including phenoxy) is 2. The third-order valence-corrected chi connectivity index (χ3v) is 6.15. The fourth-order valence-corrected chi connectivity index (χ4v) is 4.06. The standard InChI is InChI=1S/C10H21N3.C8H18N2O.C6H14O3.3C2H6/c1-3-12-9-10(1)2-6-13-7-4-11-5-8-13;1-11-8-2-5-10-6-3-9-4-7-10;7-3-1-5-9-6-2-4-8;3*1-2/h10-12H,1-9H2;9H,2-8H2,1H3;7-8H,1-6H2;3*1-2H3. The second-order valence-electron chi connectivity index (χ2n) is 8.94. The van der Waals surface area contributed by atoms with Crippen LogP contribution in [0.5, 0.6) is 0 Å². The third kappa shape index (κ3) is 32.0. The molecule has 0 bridgehead atoms. The fourth-order valence-electron chi connectivity index (χ4n) is 4.06. The van der Waals surface area contributed by atoms with Crippen molar-refractivity contribution in [3.05, 3.63) is 0 Å². The highest BCUT2D eigenvalue weighted by Crippen LogP contribution is 2.12. The Hall–Kier alpha value is -0.360. The molecule has 0 aromatic rings. The lowest BCUT2D eigenvalue weighted by Crippen LogP contribution is -2.44. The van der Waals surface area contributed by atoms with Crippen molar-refractivity contribution in [1.82, 2.24) is 25.8 Å². The maximum absolute atomic E-state index is 8.29. The first-order chi connectivity index (χ1) is 19.3. The highest BCUT2D eigenvalue weighted by molar-refractivity contribution is 4.74. The predicted octanol–water partition coefficient (Wildman–Crippen LogP) is 2.67. The summed E-state index contributed by atoms with van der Waals surface area (Å²) in [6, 6.07) is 0. The zero-order valence-electron chi connectivity index (χ0n) is 27.2. The van der Waals surface area contributed by atoms with Gasteiger partial charge in [0, 0.05) is 99.0 Å². The van der Waals surface area contributed by atoms with Gasteiger partial charge in [0.25, 0.3) is 0 Å². The molecule has 0 aliphatic carbocycles. The van der Waals surface area contributed by atoms with Crippen LogP contribution in [0.3, 0.4) is 0 Å². The van der Waals surface area contributed by atoms with Crippen LogP contribution in [0.4, 0.5) is 0 Å². The van der Waals surface area contributed by atoms with Crippen LogP contribution in [0.2, 0.25) is 0 Å². The molecular weight excluding hydrogens is 494 g/mol. The normalized spacial score (nSPS) is 18.8. The molecule has 0 amide bonds. The molecule has 0 saturated carbocycles. The second-order valence-corrected chi connectivity index (χ2v) is 8.94. The minimum atomic E-state index is 0.180. The number of piperazine rings is 2. The SMILES string of the molecule is C1CN(CCC2CCNC2)CCN1.CC.CC.CC.COCCCN1CCNCC1.OCCCOCCCO. The van der Waals surface area contributed by atoms with Crippen LogP contribution < -0.4 is 16.0 Å². The Labute approximate surface area is 243 Å². The molecule has 3 rings (SSSR count). The summed E-state index contributed by atoms with van der Waals surface area (Å²) in [5.74, 6) is 0.954. The minimum absolute atomic E-state index is 0.180. The van der Waals surface area contributed by atoms with Gasteiger partial charge in [-0.15, -0.1) is 0 Å². The van der Waals surface area contributed by atoms with Crippen LogP contribution in [0.1, 0.15) is 73.6 Å². The molecule has 9 nitrogen and oxygen atoms in total. The van der Waals surface area contributed by atoms with E-state index in [0.717, 1.165) is 32.0 Å². The number of hydrogen-bond acceptors (Lipinski definition) is 9. The van der Waals surface area contributed by atoms with Crippen molar-refractivity contribution < 1.29 is 19.7 Å². The Morgan fingerprint density at radius 2 is 1.13 bits per heavy atom. The van der Waals surface area contributed by atoms with Gasteiger partial charge in [-0.3, -0.25) is 0 Å². The number of nitrogens with zero attached hydrogens (tertiary/aromatic N) is 2. The van der Waals surface area contributed by atoms with Gasteiger partial charge < -0.3 is 45.4 Å². The summed E-state index contributed by atoms with van der Waals surface area (Å²) in [7, 11) is 1.76. The molecule has 3 aliphatic rings. The summed E-state index contributed by atoms with van der Waals surface area (Å²) >= 11 is 0. The van der Waals surface area contributed by atoms with Gasteiger partial charge in [0.05, 0.1) is 0 Å². The third-order valence-electron chi connectivity index (χ3n) is 6.15. The van der Waals surface area contributed by atoms with Crippen LogP contribution in [0.15, 0.2) is 0 Å². The van der Waals surface area contributed by atoms with Crippen LogP contribution in [-0.4, -0.2) is 139 Å². The predicted molar refractivity (Wildman–Crippen MR) is 169 cm³/mol. The van der Waals surface area contributed by atoms with Gasteiger partial charge in [-0.25, -0.2) is 0 Å². The molecular formula is C30H71N5O4. The zero-order valence-corrected chi connectivity index (χ0v) is 27.2. The Morgan fingerprint density at radius 3 is 1.54 bits per heavy atom. The van der Waals surface area contributed by atoms with Gasteiger partial charge in [-0.2, -0.15) is 0 Å². The smallest absolute Gasteiger partial charge is 0.0487 e.